The highest BCUT2D eigenvalue weighted by Crippen LogP contribution is 2.27. The second kappa shape index (κ2) is 5.85. The van der Waals surface area contributed by atoms with E-state index in [0.717, 1.165) is 5.56 Å². The summed E-state index contributed by atoms with van der Waals surface area (Å²) in [6.45, 7) is 10.7. The number of methoxy groups -OCH3 is 1. The summed E-state index contributed by atoms with van der Waals surface area (Å²) in [6.07, 6.45) is -0.727. The van der Waals surface area contributed by atoms with Crippen molar-refractivity contribution in [1.29, 1.82) is 0 Å². The van der Waals surface area contributed by atoms with Crippen molar-refractivity contribution < 1.29 is 9.84 Å². The van der Waals surface area contributed by atoms with Gasteiger partial charge in [0.2, 0.25) is 0 Å². The molecule has 1 aromatic rings. The fourth-order valence-electron chi connectivity index (χ4n) is 2.14. The van der Waals surface area contributed by atoms with Crippen LogP contribution in [-0.4, -0.2) is 18.3 Å². The second-order valence-corrected chi connectivity index (χ2v) is 6.26. The molecule has 102 valence electrons. The van der Waals surface area contributed by atoms with Crippen molar-refractivity contribution in [3.05, 3.63) is 35.4 Å². The topological polar surface area (TPSA) is 29.5 Å². The van der Waals surface area contributed by atoms with Gasteiger partial charge in [0, 0.05) is 7.11 Å². The maximum atomic E-state index is 10.3. The lowest BCUT2D eigenvalue weighted by Gasteiger charge is -2.26. The van der Waals surface area contributed by atoms with E-state index in [-0.39, 0.29) is 17.4 Å². The fourth-order valence-corrected chi connectivity index (χ4v) is 2.14. The van der Waals surface area contributed by atoms with Gasteiger partial charge in [0.1, 0.15) is 6.10 Å². The summed E-state index contributed by atoms with van der Waals surface area (Å²) in [5, 5.41) is 10.3. The van der Waals surface area contributed by atoms with Gasteiger partial charge in [0.15, 0.2) is 0 Å². The fraction of sp³-hybridized carbons (Fsp3) is 0.625. The van der Waals surface area contributed by atoms with Crippen molar-refractivity contribution >= 4 is 0 Å². The van der Waals surface area contributed by atoms with Gasteiger partial charge in [-0.15, -0.1) is 0 Å². The number of aliphatic hydroxyl groups excluding tert-OH is 1. The van der Waals surface area contributed by atoms with Gasteiger partial charge in [-0.3, -0.25) is 0 Å². The molecule has 0 aliphatic carbocycles. The average Bonchev–Trinajstić information content (AvgIpc) is 2.28. The van der Waals surface area contributed by atoms with Crippen molar-refractivity contribution in [3.63, 3.8) is 0 Å². The first kappa shape index (κ1) is 15.2. The Hall–Kier alpha value is -0.860. The lowest BCUT2D eigenvalue weighted by Crippen LogP contribution is -2.26. The van der Waals surface area contributed by atoms with Gasteiger partial charge in [-0.1, -0.05) is 58.9 Å². The quantitative estimate of drug-likeness (QED) is 0.883. The molecule has 0 bridgehead atoms. The minimum atomic E-state index is -0.566. The van der Waals surface area contributed by atoms with Crippen LogP contribution in [-0.2, 0) is 10.2 Å². The van der Waals surface area contributed by atoms with Crippen LogP contribution in [0, 0.1) is 5.92 Å². The van der Waals surface area contributed by atoms with Crippen LogP contribution in [0.5, 0.6) is 0 Å². The molecule has 0 aliphatic rings. The Balaban J connectivity index is 2.91. The van der Waals surface area contributed by atoms with E-state index < -0.39 is 6.10 Å². The number of aliphatic hydroxyl groups is 1. The highest BCUT2D eigenvalue weighted by molar-refractivity contribution is 5.29. The molecule has 1 rings (SSSR count). The zero-order valence-electron chi connectivity index (χ0n) is 12.4. The SMILES string of the molecule is COC(C(C)C)C(O)c1ccc(C(C)(C)C)cc1. The van der Waals surface area contributed by atoms with Gasteiger partial charge in [-0.2, -0.15) is 0 Å². The molecule has 1 N–H and O–H groups in total. The Labute approximate surface area is 111 Å². The zero-order valence-corrected chi connectivity index (χ0v) is 12.4. The number of hydrogen-bond donors (Lipinski definition) is 1. The van der Waals surface area contributed by atoms with Crippen molar-refractivity contribution in [1.82, 2.24) is 0 Å². The third kappa shape index (κ3) is 3.56. The Morgan fingerprint density at radius 3 is 1.89 bits per heavy atom. The summed E-state index contributed by atoms with van der Waals surface area (Å²) in [5.41, 5.74) is 2.34. The zero-order chi connectivity index (χ0) is 13.9. The van der Waals surface area contributed by atoms with Crippen LogP contribution in [0.15, 0.2) is 24.3 Å². The van der Waals surface area contributed by atoms with E-state index in [4.69, 9.17) is 4.74 Å². The number of hydrogen-bond acceptors (Lipinski definition) is 2. The summed E-state index contributed by atoms with van der Waals surface area (Å²) in [7, 11) is 1.65. The van der Waals surface area contributed by atoms with Gasteiger partial charge in [-0.25, -0.2) is 0 Å². The highest BCUT2D eigenvalue weighted by atomic mass is 16.5. The Morgan fingerprint density at radius 2 is 1.56 bits per heavy atom. The molecule has 0 fully saturated rings. The maximum Gasteiger partial charge on any atom is 0.105 e. The minimum absolute atomic E-state index is 0.141. The molecular formula is C16H26O2. The summed E-state index contributed by atoms with van der Waals surface area (Å²) in [4.78, 5) is 0. The van der Waals surface area contributed by atoms with E-state index in [1.807, 2.05) is 12.1 Å². The number of benzene rings is 1. The van der Waals surface area contributed by atoms with E-state index in [1.165, 1.54) is 5.56 Å². The van der Waals surface area contributed by atoms with E-state index in [9.17, 15) is 5.11 Å². The normalized spacial score (nSPS) is 15.8. The van der Waals surface area contributed by atoms with Crippen LogP contribution in [0.25, 0.3) is 0 Å². The summed E-state index contributed by atoms with van der Waals surface area (Å²) < 4.78 is 5.38. The molecule has 0 amide bonds. The van der Waals surface area contributed by atoms with E-state index in [1.54, 1.807) is 7.11 Å². The third-order valence-corrected chi connectivity index (χ3v) is 3.36. The van der Waals surface area contributed by atoms with Gasteiger partial charge in [0.25, 0.3) is 0 Å². The number of rotatable bonds is 4. The average molecular weight is 250 g/mol. The highest BCUT2D eigenvalue weighted by Gasteiger charge is 2.24. The first-order valence-corrected chi connectivity index (χ1v) is 6.58. The standard InChI is InChI=1S/C16H26O2/c1-11(2)15(18-6)14(17)12-7-9-13(10-8-12)16(3,4)5/h7-11,14-15,17H,1-6H3. The molecule has 0 saturated heterocycles. The smallest absolute Gasteiger partial charge is 0.105 e. The van der Waals surface area contributed by atoms with E-state index in [0.29, 0.717) is 0 Å². The first-order chi connectivity index (χ1) is 8.27. The molecule has 1 aromatic carbocycles. The van der Waals surface area contributed by atoms with Crippen LogP contribution in [0.3, 0.4) is 0 Å². The van der Waals surface area contributed by atoms with Crippen molar-refractivity contribution in [2.24, 2.45) is 5.92 Å². The van der Waals surface area contributed by atoms with Gasteiger partial charge < -0.3 is 9.84 Å². The molecule has 18 heavy (non-hydrogen) atoms. The van der Waals surface area contributed by atoms with Crippen LogP contribution in [0.4, 0.5) is 0 Å². The Bertz CT molecular complexity index is 360. The predicted octanol–water partition coefficient (Wildman–Crippen LogP) is 3.69. The molecule has 0 radical (unpaired) electrons. The number of ether oxygens (including phenoxy) is 1. The molecular weight excluding hydrogens is 224 g/mol. The first-order valence-electron chi connectivity index (χ1n) is 6.58. The van der Waals surface area contributed by atoms with Crippen molar-refractivity contribution in [3.8, 4) is 0 Å². The van der Waals surface area contributed by atoms with Gasteiger partial charge >= 0.3 is 0 Å². The molecule has 0 spiro atoms. The summed E-state index contributed by atoms with van der Waals surface area (Å²) in [5.74, 6) is 0.285. The largest absolute Gasteiger partial charge is 0.386 e. The van der Waals surface area contributed by atoms with Crippen LogP contribution in [0.1, 0.15) is 51.8 Å². The minimum Gasteiger partial charge on any atom is -0.386 e. The molecule has 0 heterocycles. The summed E-state index contributed by atoms with van der Waals surface area (Å²) >= 11 is 0. The van der Waals surface area contributed by atoms with Crippen LogP contribution < -0.4 is 0 Å². The lowest BCUT2D eigenvalue weighted by atomic mass is 9.85. The van der Waals surface area contributed by atoms with Gasteiger partial charge in [0.05, 0.1) is 6.10 Å². The second-order valence-electron chi connectivity index (χ2n) is 6.26. The molecule has 2 heteroatoms. The Kier molecular flexibility index (Phi) is 4.94. The molecule has 2 nitrogen and oxygen atoms in total. The molecule has 0 saturated carbocycles. The third-order valence-electron chi connectivity index (χ3n) is 3.36. The van der Waals surface area contributed by atoms with Crippen molar-refractivity contribution in [2.45, 2.75) is 52.2 Å². The predicted molar refractivity (Wildman–Crippen MR) is 75.7 cm³/mol. The summed E-state index contributed by atoms with van der Waals surface area (Å²) in [6, 6.07) is 8.18. The molecule has 2 atom stereocenters. The van der Waals surface area contributed by atoms with Crippen LogP contribution in [0.2, 0.25) is 0 Å². The Morgan fingerprint density at radius 1 is 1.06 bits per heavy atom. The maximum absolute atomic E-state index is 10.3. The lowest BCUT2D eigenvalue weighted by molar-refractivity contribution is -0.0390. The van der Waals surface area contributed by atoms with E-state index >= 15 is 0 Å². The monoisotopic (exact) mass is 250 g/mol. The van der Waals surface area contributed by atoms with Gasteiger partial charge in [-0.05, 0) is 22.5 Å². The molecule has 0 aliphatic heterocycles. The van der Waals surface area contributed by atoms with Crippen molar-refractivity contribution in [2.75, 3.05) is 7.11 Å². The molecule has 0 aromatic heterocycles. The molecule has 2 unspecified atom stereocenters. The van der Waals surface area contributed by atoms with Crippen LogP contribution >= 0.6 is 0 Å². The van der Waals surface area contributed by atoms with E-state index in [2.05, 4.69) is 46.8 Å².